The van der Waals surface area contributed by atoms with Crippen molar-refractivity contribution in [3.8, 4) is 0 Å². The first-order valence-electron chi connectivity index (χ1n) is 6.42. The fourth-order valence-electron chi connectivity index (χ4n) is 2.56. The molecule has 2 rings (SSSR count). The van der Waals surface area contributed by atoms with E-state index < -0.39 is 0 Å². The van der Waals surface area contributed by atoms with Crippen LogP contribution in [0.15, 0.2) is 22.7 Å². The van der Waals surface area contributed by atoms with E-state index >= 15 is 0 Å². The number of hydrogen-bond donors (Lipinski definition) is 1. The largest absolute Gasteiger partial charge is 0.310 e. The lowest BCUT2D eigenvalue weighted by molar-refractivity contribution is 0.174. The summed E-state index contributed by atoms with van der Waals surface area (Å²) < 4.78 is 13.8. The molecule has 0 spiro atoms. The van der Waals surface area contributed by atoms with E-state index in [1.165, 1.54) is 18.6 Å². The lowest BCUT2D eigenvalue weighted by atomic mass is 9.94. The average Bonchev–Trinajstić information content (AvgIpc) is 2.30. The normalized spacial score (nSPS) is 25.3. The molecule has 4 heteroatoms. The SMILES string of the molecule is CC1CN(C)CCC1NCc1ccc(F)cc1Br. The zero-order valence-corrected chi connectivity index (χ0v) is 12.5. The van der Waals surface area contributed by atoms with Gasteiger partial charge in [0.1, 0.15) is 5.82 Å². The summed E-state index contributed by atoms with van der Waals surface area (Å²) in [5.41, 5.74) is 1.11. The van der Waals surface area contributed by atoms with Crippen molar-refractivity contribution < 1.29 is 4.39 Å². The first-order valence-corrected chi connectivity index (χ1v) is 7.21. The highest BCUT2D eigenvalue weighted by Gasteiger charge is 2.23. The van der Waals surface area contributed by atoms with E-state index in [-0.39, 0.29) is 5.82 Å². The molecule has 0 saturated carbocycles. The van der Waals surface area contributed by atoms with Gasteiger partial charge < -0.3 is 10.2 Å². The lowest BCUT2D eigenvalue weighted by Crippen LogP contribution is -2.46. The van der Waals surface area contributed by atoms with Gasteiger partial charge in [0.05, 0.1) is 0 Å². The molecule has 18 heavy (non-hydrogen) atoms. The van der Waals surface area contributed by atoms with E-state index in [4.69, 9.17) is 0 Å². The Balaban J connectivity index is 1.91. The summed E-state index contributed by atoms with van der Waals surface area (Å²) in [4.78, 5) is 2.37. The van der Waals surface area contributed by atoms with E-state index in [2.05, 4.69) is 40.1 Å². The van der Waals surface area contributed by atoms with E-state index in [0.717, 1.165) is 29.7 Å². The first-order chi connectivity index (χ1) is 8.56. The number of likely N-dealkylation sites (tertiary alicyclic amines) is 1. The van der Waals surface area contributed by atoms with Gasteiger partial charge in [-0.15, -0.1) is 0 Å². The molecule has 0 aromatic heterocycles. The molecular weight excluding hydrogens is 295 g/mol. The minimum atomic E-state index is -0.196. The Hall–Kier alpha value is -0.450. The highest BCUT2D eigenvalue weighted by Crippen LogP contribution is 2.20. The Morgan fingerprint density at radius 2 is 2.28 bits per heavy atom. The Morgan fingerprint density at radius 3 is 2.94 bits per heavy atom. The summed E-state index contributed by atoms with van der Waals surface area (Å²) >= 11 is 3.41. The number of hydrogen-bond acceptors (Lipinski definition) is 2. The molecule has 0 bridgehead atoms. The van der Waals surface area contributed by atoms with Crippen LogP contribution in [0.25, 0.3) is 0 Å². The van der Waals surface area contributed by atoms with Gasteiger partial charge in [0.2, 0.25) is 0 Å². The molecule has 0 radical (unpaired) electrons. The van der Waals surface area contributed by atoms with Gasteiger partial charge in [0.25, 0.3) is 0 Å². The fraction of sp³-hybridized carbons (Fsp3) is 0.571. The van der Waals surface area contributed by atoms with Gasteiger partial charge in [-0.1, -0.05) is 28.9 Å². The van der Waals surface area contributed by atoms with Gasteiger partial charge in [-0.25, -0.2) is 4.39 Å². The highest BCUT2D eigenvalue weighted by atomic mass is 79.9. The second kappa shape index (κ2) is 6.13. The van der Waals surface area contributed by atoms with Gasteiger partial charge in [0.15, 0.2) is 0 Å². The number of nitrogens with zero attached hydrogens (tertiary/aromatic N) is 1. The van der Waals surface area contributed by atoms with Gasteiger partial charge >= 0.3 is 0 Å². The molecule has 1 aromatic carbocycles. The Labute approximate surface area is 117 Å². The number of piperidine rings is 1. The van der Waals surface area contributed by atoms with E-state index in [9.17, 15) is 4.39 Å². The van der Waals surface area contributed by atoms with Gasteiger partial charge in [-0.05, 0) is 43.6 Å². The standard InChI is InChI=1S/C14H20BrFN2/c1-10-9-18(2)6-5-14(10)17-8-11-3-4-12(16)7-13(11)15/h3-4,7,10,14,17H,5-6,8-9H2,1-2H3. The summed E-state index contributed by atoms with van der Waals surface area (Å²) in [7, 11) is 2.17. The maximum Gasteiger partial charge on any atom is 0.124 e. The van der Waals surface area contributed by atoms with Gasteiger partial charge in [-0.3, -0.25) is 0 Å². The highest BCUT2D eigenvalue weighted by molar-refractivity contribution is 9.10. The van der Waals surface area contributed by atoms with Crippen molar-refractivity contribution >= 4 is 15.9 Å². The van der Waals surface area contributed by atoms with Crippen LogP contribution >= 0.6 is 15.9 Å². The second-order valence-electron chi connectivity index (χ2n) is 5.25. The maximum atomic E-state index is 13.0. The minimum Gasteiger partial charge on any atom is -0.310 e. The zero-order valence-electron chi connectivity index (χ0n) is 10.9. The van der Waals surface area contributed by atoms with Crippen molar-refractivity contribution in [3.05, 3.63) is 34.1 Å². The summed E-state index contributed by atoms with van der Waals surface area (Å²) in [6, 6.07) is 5.43. The van der Waals surface area contributed by atoms with Crippen LogP contribution in [0.3, 0.4) is 0 Å². The molecule has 0 aliphatic carbocycles. The topological polar surface area (TPSA) is 15.3 Å². The molecule has 2 unspecified atom stereocenters. The Bertz CT molecular complexity index is 411. The van der Waals surface area contributed by atoms with Gasteiger partial charge in [-0.2, -0.15) is 0 Å². The van der Waals surface area contributed by atoms with E-state index in [1.807, 2.05) is 6.07 Å². The third kappa shape index (κ3) is 3.53. The van der Waals surface area contributed by atoms with Crippen LogP contribution in [0.1, 0.15) is 18.9 Å². The van der Waals surface area contributed by atoms with Crippen molar-refractivity contribution in [2.45, 2.75) is 25.9 Å². The lowest BCUT2D eigenvalue weighted by Gasteiger charge is -2.35. The predicted octanol–water partition coefficient (Wildman–Crippen LogP) is 3.02. The number of benzene rings is 1. The third-order valence-corrected chi connectivity index (χ3v) is 4.42. The molecule has 1 saturated heterocycles. The third-order valence-electron chi connectivity index (χ3n) is 3.68. The molecule has 2 nitrogen and oxygen atoms in total. The smallest absolute Gasteiger partial charge is 0.124 e. The van der Waals surface area contributed by atoms with Crippen molar-refractivity contribution in [1.82, 2.24) is 10.2 Å². The molecule has 1 aliphatic rings. The Morgan fingerprint density at radius 1 is 1.50 bits per heavy atom. The molecule has 1 fully saturated rings. The summed E-state index contributed by atoms with van der Waals surface area (Å²) in [5.74, 6) is 0.459. The zero-order chi connectivity index (χ0) is 13.1. The van der Waals surface area contributed by atoms with E-state index in [1.54, 1.807) is 0 Å². The van der Waals surface area contributed by atoms with Crippen LogP contribution < -0.4 is 5.32 Å². The molecule has 1 aliphatic heterocycles. The van der Waals surface area contributed by atoms with Gasteiger partial charge in [0, 0.05) is 23.6 Å². The van der Waals surface area contributed by atoms with Crippen LogP contribution in [0.2, 0.25) is 0 Å². The van der Waals surface area contributed by atoms with Crippen molar-refractivity contribution in [3.63, 3.8) is 0 Å². The van der Waals surface area contributed by atoms with Crippen LogP contribution in [-0.2, 0) is 6.54 Å². The maximum absolute atomic E-state index is 13.0. The number of nitrogens with one attached hydrogen (secondary N) is 1. The van der Waals surface area contributed by atoms with E-state index in [0.29, 0.717) is 12.0 Å². The number of rotatable bonds is 3. The molecular formula is C14H20BrFN2. The van der Waals surface area contributed by atoms with Crippen LogP contribution in [0.5, 0.6) is 0 Å². The summed E-state index contributed by atoms with van der Waals surface area (Å²) in [6.07, 6.45) is 1.18. The summed E-state index contributed by atoms with van der Waals surface area (Å²) in [6.45, 7) is 5.36. The van der Waals surface area contributed by atoms with Crippen LogP contribution in [0, 0.1) is 11.7 Å². The van der Waals surface area contributed by atoms with Crippen molar-refractivity contribution in [1.29, 1.82) is 0 Å². The molecule has 1 heterocycles. The molecule has 0 amide bonds. The monoisotopic (exact) mass is 314 g/mol. The molecule has 1 N–H and O–H groups in total. The number of halogens is 2. The fourth-order valence-corrected chi connectivity index (χ4v) is 3.05. The summed E-state index contributed by atoms with van der Waals surface area (Å²) in [5, 5.41) is 3.59. The minimum absolute atomic E-state index is 0.196. The Kier molecular flexibility index (Phi) is 4.76. The first kappa shape index (κ1) is 14.0. The van der Waals surface area contributed by atoms with Crippen molar-refractivity contribution in [2.24, 2.45) is 5.92 Å². The van der Waals surface area contributed by atoms with Crippen LogP contribution in [-0.4, -0.2) is 31.1 Å². The molecule has 100 valence electrons. The second-order valence-corrected chi connectivity index (χ2v) is 6.11. The molecule has 1 aromatic rings. The van der Waals surface area contributed by atoms with Crippen LogP contribution in [0.4, 0.5) is 4.39 Å². The quantitative estimate of drug-likeness (QED) is 0.922. The van der Waals surface area contributed by atoms with Crippen molar-refractivity contribution in [2.75, 3.05) is 20.1 Å². The average molecular weight is 315 g/mol. The molecule has 2 atom stereocenters. The predicted molar refractivity (Wildman–Crippen MR) is 76.0 cm³/mol.